The molecule has 0 bridgehead atoms. The maximum absolute atomic E-state index is 14.0. The Balaban J connectivity index is 1.66. The Bertz CT molecular complexity index is 1130. The molecule has 8 heteroatoms. The highest BCUT2D eigenvalue weighted by molar-refractivity contribution is 7.91. The van der Waals surface area contributed by atoms with Crippen LogP contribution in [0.15, 0.2) is 59.1 Å². The van der Waals surface area contributed by atoms with E-state index >= 15 is 0 Å². The van der Waals surface area contributed by atoms with E-state index in [-0.39, 0.29) is 47.7 Å². The molecule has 0 N–H and O–H groups in total. The summed E-state index contributed by atoms with van der Waals surface area (Å²) >= 11 is 0. The molecule has 3 aromatic rings. The number of hydrogen-bond donors (Lipinski definition) is 0. The molecule has 1 amide bonds. The molecule has 1 aromatic heterocycles. The third-order valence-electron chi connectivity index (χ3n) is 4.66. The number of sulfone groups is 1. The van der Waals surface area contributed by atoms with Gasteiger partial charge in [0, 0.05) is 18.7 Å². The smallest absolute Gasteiger partial charge is 0.254 e. The molecule has 0 aliphatic carbocycles. The highest BCUT2D eigenvalue weighted by Gasteiger charge is 2.28. The van der Waals surface area contributed by atoms with Crippen LogP contribution in [0, 0.1) is 5.82 Å². The fraction of sp³-hybridized carbons (Fsp3) is 0.200. The second kappa shape index (κ2) is 7.20. The third kappa shape index (κ3) is 3.55. The van der Waals surface area contributed by atoms with E-state index in [0.717, 1.165) is 0 Å². The molecule has 1 saturated heterocycles. The molecule has 2 aromatic carbocycles. The largest absolute Gasteiger partial charge is 0.436 e. The van der Waals surface area contributed by atoms with Crippen molar-refractivity contribution in [3.8, 4) is 22.8 Å². The summed E-state index contributed by atoms with van der Waals surface area (Å²) in [6, 6.07) is 13.0. The lowest BCUT2D eigenvalue weighted by molar-refractivity contribution is 0.0771. The quantitative estimate of drug-likeness (QED) is 0.675. The molecular weight excluding hydrogens is 383 g/mol. The Morgan fingerprint density at radius 2 is 1.64 bits per heavy atom. The number of carbonyl (C=O) groups is 1. The molecule has 0 saturated carbocycles. The molecule has 28 heavy (non-hydrogen) atoms. The zero-order valence-electron chi connectivity index (χ0n) is 14.8. The van der Waals surface area contributed by atoms with Gasteiger partial charge in [0.2, 0.25) is 5.89 Å². The van der Waals surface area contributed by atoms with Crippen LogP contribution in [0.4, 0.5) is 4.39 Å². The van der Waals surface area contributed by atoms with Crippen molar-refractivity contribution in [2.75, 3.05) is 24.6 Å². The van der Waals surface area contributed by atoms with E-state index in [0.29, 0.717) is 11.1 Å². The van der Waals surface area contributed by atoms with E-state index in [1.165, 1.54) is 17.2 Å². The SMILES string of the molecule is O=C(c1ccccc1-c1ncc(-c2ccccc2F)o1)N1CCS(=O)(=O)CC1. The minimum absolute atomic E-state index is 0.0443. The van der Waals surface area contributed by atoms with Gasteiger partial charge < -0.3 is 9.32 Å². The highest BCUT2D eigenvalue weighted by Crippen LogP contribution is 2.30. The minimum atomic E-state index is -3.09. The average Bonchev–Trinajstić information content (AvgIpc) is 3.17. The first-order valence-electron chi connectivity index (χ1n) is 8.74. The zero-order valence-corrected chi connectivity index (χ0v) is 15.7. The number of oxazole rings is 1. The first kappa shape index (κ1) is 18.4. The summed E-state index contributed by atoms with van der Waals surface area (Å²) in [6.07, 6.45) is 1.42. The number of aromatic nitrogens is 1. The number of rotatable bonds is 3. The van der Waals surface area contributed by atoms with Gasteiger partial charge in [0.15, 0.2) is 15.6 Å². The number of halogens is 1. The van der Waals surface area contributed by atoms with Crippen molar-refractivity contribution >= 4 is 15.7 Å². The second-order valence-corrected chi connectivity index (χ2v) is 8.80. The van der Waals surface area contributed by atoms with Gasteiger partial charge in [-0.2, -0.15) is 0 Å². The lowest BCUT2D eigenvalue weighted by atomic mass is 10.1. The van der Waals surface area contributed by atoms with Gasteiger partial charge in [-0.15, -0.1) is 0 Å². The number of nitrogens with zero attached hydrogens (tertiary/aromatic N) is 2. The third-order valence-corrected chi connectivity index (χ3v) is 6.27. The van der Waals surface area contributed by atoms with Gasteiger partial charge in [-0.05, 0) is 24.3 Å². The van der Waals surface area contributed by atoms with Crippen molar-refractivity contribution in [1.29, 1.82) is 0 Å². The number of hydrogen-bond acceptors (Lipinski definition) is 5. The first-order chi connectivity index (χ1) is 13.4. The topological polar surface area (TPSA) is 80.5 Å². The van der Waals surface area contributed by atoms with Gasteiger partial charge in [-0.1, -0.05) is 24.3 Å². The molecule has 0 radical (unpaired) electrons. The van der Waals surface area contributed by atoms with Gasteiger partial charge in [0.25, 0.3) is 5.91 Å². The van der Waals surface area contributed by atoms with Crippen molar-refractivity contribution in [3.63, 3.8) is 0 Å². The van der Waals surface area contributed by atoms with Gasteiger partial charge in [0.05, 0.1) is 28.8 Å². The molecule has 0 unspecified atom stereocenters. The molecule has 4 rings (SSSR count). The Hall–Kier alpha value is -3.00. The maximum Gasteiger partial charge on any atom is 0.254 e. The van der Waals surface area contributed by atoms with E-state index in [1.807, 2.05) is 0 Å². The Morgan fingerprint density at radius 1 is 1.00 bits per heavy atom. The number of benzene rings is 2. The Kier molecular flexibility index (Phi) is 4.72. The van der Waals surface area contributed by atoms with Crippen LogP contribution >= 0.6 is 0 Å². The van der Waals surface area contributed by atoms with Crippen molar-refractivity contribution in [1.82, 2.24) is 9.88 Å². The Labute approximate surface area is 161 Å². The summed E-state index contributed by atoms with van der Waals surface area (Å²) in [5, 5.41) is 0. The molecule has 1 aliphatic rings. The molecule has 1 aliphatic heterocycles. The van der Waals surface area contributed by atoms with Gasteiger partial charge >= 0.3 is 0 Å². The summed E-state index contributed by atoms with van der Waals surface area (Å²) in [5.41, 5.74) is 1.12. The van der Waals surface area contributed by atoms with Crippen LogP contribution in [0.25, 0.3) is 22.8 Å². The van der Waals surface area contributed by atoms with E-state index in [1.54, 1.807) is 42.5 Å². The van der Waals surface area contributed by atoms with Gasteiger partial charge in [-0.3, -0.25) is 4.79 Å². The zero-order chi connectivity index (χ0) is 19.7. The van der Waals surface area contributed by atoms with Crippen LogP contribution in [0.1, 0.15) is 10.4 Å². The second-order valence-electron chi connectivity index (χ2n) is 6.50. The van der Waals surface area contributed by atoms with E-state index in [9.17, 15) is 17.6 Å². The maximum atomic E-state index is 14.0. The summed E-state index contributed by atoms with van der Waals surface area (Å²) in [5.74, 6) is -0.333. The minimum Gasteiger partial charge on any atom is -0.436 e. The van der Waals surface area contributed by atoms with Crippen LogP contribution in [0.2, 0.25) is 0 Å². The Morgan fingerprint density at radius 3 is 2.36 bits per heavy atom. The van der Waals surface area contributed by atoms with Crippen molar-refractivity contribution < 1.29 is 22.0 Å². The molecule has 6 nitrogen and oxygen atoms in total. The first-order valence-corrected chi connectivity index (χ1v) is 10.6. The average molecular weight is 400 g/mol. The van der Waals surface area contributed by atoms with E-state index in [2.05, 4.69) is 4.98 Å². The van der Waals surface area contributed by atoms with Crippen LogP contribution in [-0.2, 0) is 9.84 Å². The van der Waals surface area contributed by atoms with Crippen molar-refractivity contribution in [3.05, 3.63) is 66.1 Å². The number of amides is 1. The monoisotopic (exact) mass is 400 g/mol. The number of carbonyl (C=O) groups excluding carboxylic acids is 1. The summed E-state index contributed by atoms with van der Waals surface area (Å²) in [4.78, 5) is 18.7. The highest BCUT2D eigenvalue weighted by atomic mass is 32.2. The standard InChI is InChI=1S/C20H17FN2O4S/c21-17-8-4-3-7-16(17)18-13-22-19(27-18)14-5-1-2-6-15(14)20(24)23-9-11-28(25,26)12-10-23/h1-8,13H,9-12H2. The van der Waals surface area contributed by atoms with Crippen molar-refractivity contribution in [2.24, 2.45) is 0 Å². The van der Waals surface area contributed by atoms with Crippen molar-refractivity contribution in [2.45, 2.75) is 0 Å². The van der Waals surface area contributed by atoms with E-state index < -0.39 is 15.7 Å². The summed E-state index contributed by atoms with van der Waals surface area (Å²) in [6.45, 7) is 0.309. The fourth-order valence-electron chi connectivity index (χ4n) is 3.13. The molecular formula is C20H17FN2O4S. The van der Waals surface area contributed by atoms with Crippen LogP contribution in [-0.4, -0.2) is 48.8 Å². The molecule has 1 fully saturated rings. The molecule has 0 spiro atoms. The van der Waals surface area contributed by atoms with Gasteiger partial charge in [0.1, 0.15) is 5.82 Å². The summed E-state index contributed by atoms with van der Waals surface area (Å²) < 4.78 is 43.0. The molecule has 2 heterocycles. The molecule has 144 valence electrons. The predicted molar refractivity (Wildman–Crippen MR) is 102 cm³/mol. The molecule has 0 atom stereocenters. The van der Waals surface area contributed by atoms with Gasteiger partial charge in [-0.25, -0.2) is 17.8 Å². The predicted octanol–water partition coefficient (Wildman–Crippen LogP) is 3.02. The van der Waals surface area contributed by atoms with Crippen LogP contribution in [0.3, 0.4) is 0 Å². The lowest BCUT2D eigenvalue weighted by Gasteiger charge is -2.27. The van der Waals surface area contributed by atoms with Crippen LogP contribution < -0.4 is 0 Å². The lowest BCUT2D eigenvalue weighted by Crippen LogP contribution is -2.43. The fourth-order valence-corrected chi connectivity index (χ4v) is 4.33. The van der Waals surface area contributed by atoms with E-state index in [4.69, 9.17) is 4.42 Å². The normalized spacial score (nSPS) is 16.1. The van der Waals surface area contributed by atoms with Crippen LogP contribution in [0.5, 0.6) is 0 Å². The summed E-state index contributed by atoms with van der Waals surface area (Å²) in [7, 11) is -3.09.